The summed E-state index contributed by atoms with van der Waals surface area (Å²) in [5.74, 6) is -0.652. The molecule has 71 heavy (non-hydrogen) atoms. The zero-order chi connectivity index (χ0) is 49.7. The van der Waals surface area contributed by atoms with Gasteiger partial charge in [0.2, 0.25) is 5.37 Å². The summed E-state index contributed by atoms with van der Waals surface area (Å²) in [6, 6.07) is 40.6. The number of nitrogens with one attached hydrogen (secondary N) is 2. The topological polar surface area (TPSA) is 190 Å². The van der Waals surface area contributed by atoms with Crippen LogP contribution in [0.1, 0.15) is 27.9 Å². The molecule has 2 aromatic heterocycles. The van der Waals surface area contributed by atoms with Crippen LogP contribution < -0.4 is 30.3 Å². The molecule has 4 atom stereocenters. The normalized spacial score (nSPS) is 18.7. The number of amides is 2. The highest BCUT2D eigenvalue weighted by Gasteiger charge is 2.64. The van der Waals surface area contributed by atoms with E-state index in [1.165, 1.54) is 66.7 Å². The van der Waals surface area contributed by atoms with Crippen LogP contribution in [-0.4, -0.2) is 95.8 Å². The van der Waals surface area contributed by atoms with E-state index in [0.29, 0.717) is 42.2 Å². The summed E-state index contributed by atoms with van der Waals surface area (Å²) >= 11 is 1.94. The average Bonchev–Trinajstić information content (AvgIpc) is 3.87. The van der Waals surface area contributed by atoms with E-state index >= 15 is 0 Å². The Morgan fingerprint density at radius 3 is 2.07 bits per heavy atom. The molecule has 0 spiro atoms. The quantitative estimate of drug-likeness (QED) is 0.0164. The van der Waals surface area contributed by atoms with Crippen LogP contribution in [0, 0.1) is 5.41 Å². The number of hydrogen-bond donors (Lipinski definition) is 2. The number of oxime groups is 1. The number of carbonyl (C=O) groups excluding carboxylic acids is 3. The summed E-state index contributed by atoms with van der Waals surface area (Å²) < 4.78 is 37.8. The van der Waals surface area contributed by atoms with Crippen LogP contribution in [0.2, 0.25) is 0 Å². The molecule has 2 aliphatic rings. The molecule has 5 aromatic carbocycles. The third-order valence-electron chi connectivity index (χ3n) is 12.3. The summed E-state index contributed by atoms with van der Waals surface area (Å²) in [4.78, 5) is 67.5. The number of thioether (sulfide) groups is 1. The summed E-state index contributed by atoms with van der Waals surface area (Å²) in [7, 11) is 5.85. The van der Waals surface area contributed by atoms with E-state index in [9.17, 15) is 23.7 Å². The minimum atomic E-state index is -1.88. The van der Waals surface area contributed by atoms with E-state index in [4.69, 9.17) is 28.8 Å². The van der Waals surface area contributed by atoms with E-state index < -0.39 is 51.3 Å². The van der Waals surface area contributed by atoms with Crippen molar-refractivity contribution in [2.24, 2.45) is 10.6 Å². The molecule has 2 N–H and O–H groups in total. The Labute approximate surface area is 424 Å². The van der Waals surface area contributed by atoms with Gasteiger partial charge in [-0.2, -0.15) is 0 Å². The second-order valence-electron chi connectivity index (χ2n) is 16.6. The Balaban J connectivity index is 0.954. The number of rotatable bonds is 18. The summed E-state index contributed by atoms with van der Waals surface area (Å²) in [5.41, 5.74) is 0.893. The Bertz CT molecular complexity index is 3050. The number of aromatic nitrogens is 1. The van der Waals surface area contributed by atoms with Crippen LogP contribution in [0.15, 0.2) is 153 Å². The molecule has 7 aromatic rings. The van der Waals surface area contributed by atoms with Crippen molar-refractivity contribution in [3.63, 3.8) is 0 Å². The fourth-order valence-corrected chi connectivity index (χ4v) is 14.0. The smallest absolute Gasteiger partial charge is 0.319 e. The number of carbonyl (C=O) groups is 3. The summed E-state index contributed by atoms with van der Waals surface area (Å²) in [6.45, 7) is -0.243. The lowest BCUT2D eigenvalue weighted by Crippen LogP contribution is -2.78. The van der Waals surface area contributed by atoms with Crippen LogP contribution in [0.5, 0.6) is 17.2 Å². The van der Waals surface area contributed by atoms with Gasteiger partial charge in [-0.1, -0.05) is 108 Å². The zero-order valence-corrected chi connectivity index (χ0v) is 42.1. The number of thiazole rings is 1. The lowest BCUT2D eigenvalue weighted by atomic mass is 9.77. The Morgan fingerprint density at radius 1 is 0.859 bits per heavy atom. The number of nitrogens with zero attached hydrogens (tertiary/aromatic N) is 3. The fourth-order valence-electron chi connectivity index (χ4n) is 8.77. The van der Waals surface area contributed by atoms with Gasteiger partial charge in [-0.25, -0.2) is 4.98 Å². The van der Waals surface area contributed by atoms with Crippen molar-refractivity contribution in [1.29, 1.82) is 0 Å². The van der Waals surface area contributed by atoms with Gasteiger partial charge in [-0.05, 0) is 51.6 Å². The maximum atomic E-state index is 14.5. The number of methoxy groups -OCH3 is 3. The van der Waals surface area contributed by atoms with E-state index in [2.05, 4.69) is 15.8 Å². The van der Waals surface area contributed by atoms with Crippen LogP contribution in [0.4, 0.5) is 5.13 Å². The second-order valence-corrected chi connectivity index (χ2v) is 21.3. The number of fused-ring (bicyclic) bond motifs is 2. The third-order valence-corrected chi connectivity index (χ3v) is 17.6. The van der Waals surface area contributed by atoms with E-state index in [1.807, 2.05) is 91.0 Å². The van der Waals surface area contributed by atoms with Crippen LogP contribution in [-0.2, 0) is 47.3 Å². The first-order valence-electron chi connectivity index (χ1n) is 22.1. The molecular weight excluding hydrogens is 983 g/mol. The Hall–Kier alpha value is -6.90. The van der Waals surface area contributed by atoms with Gasteiger partial charge in [0.05, 0.1) is 25.5 Å². The van der Waals surface area contributed by atoms with Crippen LogP contribution in [0.25, 0.3) is 10.1 Å². The van der Waals surface area contributed by atoms with Crippen molar-refractivity contribution in [3.05, 3.63) is 177 Å². The number of esters is 1. The van der Waals surface area contributed by atoms with Gasteiger partial charge in [0.1, 0.15) is 41.9 Å². The van der Waals surface area contributed by atoms with Crippen molar-refractivity contribution in [3.8, 4) is 17.2 Å². The lowest BCUT2D eigenvalue weighted by molar-refractivity contribution is -0.162. The minimum absolute atomic E-state index is 0.0212. The van der Waals surface area contributed by atoms with E-state index in [1.54, 1.807) is 48.9 Å². The predicted molar refractivity (Wildman–Crippen MR) is 276 cm³/mol. The highest BCUT2D eigenvalue weighted by molar-refractivity contribution is 8.01. The van der Waals surface area contributed by atoms with E-state index in [-0.39, 0.29) is 41.5 Å². The number of hydrogen-bond acceptors (Lipinski definition) is 16. The molecule has 0 aliphatic carbocycles. The fraction of sp³-hybridized carbons (Fsp3) is 0.231. The largest absolute Gasteiger partial charge is 0.615 e. The lowest BCUT2D eigenvalue weighted by Gasteiger charge is -2.53. The maximum Gasteiger partial charge on any atom is 0.319 e. The van der Waals surface area contributed by atoms with Crippen molar-refractivity contribution in [2.75, 3.05) is 51.8 Å². The van der Waals surface area contributed by atoms with Gasteiger partial charge in [-0.15, -0.1) is 34.4 Å². The van der Waals surface area contributed by atoms with Crippen molar-refractivity contribution in [1.82, 2.24) is 15.2 Å². The van der Waals surface area contributed by atoms with E-state index in [0.717, 1.165) is 16.7 Å². The third kappa shape index (κ3) is 9.79. The maximum absolute atomic E-state index is 14.5. The molecule has 0 radical (unpaired) electrons. The predicted octanol–water partition coefficient (Wildman–Crippen LogP) is 7.44. The molecule has 2 fully saturated rings. The van der Waals surface area contributed by atoms with Gasteiger partial charge in [-0.3, -0.25) is 24.1 Å². The van der Waals surface area contributed by atoms with Gasteiger partial charge in [0, 0.05) is 39.9 Å². The van der Waals surface area contributed by atoms with Crippen LogP contribution >= 0.6 is 34.4 Å². The summed E-state index contributed by atoms with van der Waals surface area (Å²) in [6.07, 6.45) is 0. The van der Waals surface area contributed by atoms with Gasteiger partial charge in [0.25, 0.3) is 11.8 Å². The van der Waals surface area contributed by atoms with Crippen LogP contribution in [0.3, 0.4) is 0 Å². The van der Waals surface area contributed by atoms with Gasteiger partial charge < -0.3 is 39.0 Å². The standard InChI is InChI=1S/C52H47N5O10S4/c1-63-36-22-20-32(21-23-36)27-67-49(61)51(30-69-43-25-39(58)37-24-40(64-2)41(65-3)26-42(37)70-43)29-57-47(60)45(48(57)71(62)31-51)54-46(59)44(56-66-4)38-28-68-50(53-38)55-52(33-14-8-5-9-15-33,34-16-10-6-11-17-34)35-18-12-7-13-19-35/h5-26,28,45,48H,27,29-31H2,1-4H3,(H,53,55)(H,54,59)/t45?,48-,51?,71?/m1/s1. The number of anilines is 1. The monoisotopic (exact) mass is 1030 g/mol. The highest BCUT2D eigenvalue weighted by Crippen LogP contribution is 2.45. The SMILES string of the molecule is CON=C(C(=O)NC1C(=O)N2CC(CSc3cc(=O)c4cc(OC)c(OC)cc4s3)(C(=O)OCc3ccc(OC)cc3)C[S+]([O-])[C@H]12)c1csc(NC(c2ccccc2)(c2ccccc2)c2ccccc2)n1. The molecular formula is C52H47N5O10S4. The first-order chi connectivity index (χ1) is 34.5. The molecule has 9 rings (SSSR count). The number of benzene rings is 5. The zero-order valence-electron chi connectivity index (χ0n) is 38.8. The first-order valence-corrected chi connectivity index (χ1v) is 26.2. The molecule has 2 aliphatic heterocycles. The Kier molecular flexibility index (Phi) is 14.7. The molecule has 2 amide bonds. The minimum Gasteiger partial charge on any atom is -0.615 e. The van der Waals surface area contributed by atoms with Gasteiger partial charge in [0.15, 0.2) is 33.8 Å². The molecule has 15 nitrogen and oxygen atoms in total. The highest BCUT2D eigenvalue weighted by atomic mass is 32.2. The molecule has 0 bridgehead atoms. The molecule has 3 unspecified atom stereocenters. The summed E-state index contributed by atoms with van der Waals surface area (Å²) in [5, 5.41) is 12.1. The van der Waals surface area contributed by atoms with Crippen molar-refractivity contribution < 1.29 is 42.7 Å². The first kappa shape index (κ1) is 49.1. The molecule has 364 valence electrons. The van der Waals surface area contributed by atoms with Gasteiger partial charge >= 0.3 is 5.97 Å². The average molecular weight is 1030 g/mol. The van der Waals surface area contributed by atoms with Crippen molar-refractivity contribution >= 4 is 84.3 Å². The number of ether oxygens (including phenoxy) is 4. The second kappa shape index (κ2) is 21.2. The molecule has 19 heteroatoms. The van der Waals surface area contributed by atoms with Crippen molar-refractivity contribution in [2.45, 2.75) is 27.8 Å². The molecule has 4 heterocycles. The number of β-lactam (4-membered cyclic amide) rings is 1. The molecule has 0 saturated carbocycles. The Morgan fingerprint density at radius 2 is 1.48 bits per heavy atom. The molecule has 2 saturated heterocycles.